The van der Waals surface area contributed by atoms with Crippen LogP contribution in [0.25, 0.3) is 0 Å². The molecule has 0 aromatic carbocycles. The van der Waals surface area contributed by atoms with Crippen molar-refractivity contribution in [3.8, 4) is 0 Å². The maximum absolute atomic E-state index is 4.21. The van der Waals surface area contributed by atoms with E-state index in [0.29, 0.717) is 5.41 Å². The fraction of sp³-hybridized carbons (Fsp3) is 0.636. The van der Waals surface area contributed by atoms with Crippen LogP contribution in [-0.4, -0.2) is 16.5 Å². The minimum atomic E-state index is 0.565. The van der Waals surface area contributed by atoms with Crippen molar-refractivity contribution < 1.29 is 0 Å². The quantitative estimate of drug-likeness (QED) is 0.785. The Labute approximate surface area is 85.0 Å². The largest absolute Gasteiger partial charge is 0.311 e. The van der Waals surface area contributed by atoms with Crippen LogP contribution in [0.5, 0.6) is 0 Å². The van der Waals surface area contributed by atoms with Crippen LogP contribution in [0, 0.1) is 11.3 Å². The number of aromatic nitrogens is 2. The zero-order valence-corrected chi connectivity index (χ0v) is 8.83. The summed E-state index contributed by atoms with van der Waals surface area (Å²) in [6.45, 7) is 6.58. The van der Waals surface area contributed by atoms with Gasteiger partial charge in [-0.25, -0.2) is 0 Å². The summed E-state index contributed by atoms with van der Waals surface area (Å²) >= 11 is 0. The van der Waals surface area contributed by atoms with Gasteiger partial charge in [-0.15, -0.1) is 0 Å². The lowest BCUT2D eigenvalue weighted by molar-refractivity contribution is 0.517. The van der Waals surface area contributed by atoms with E-state index in [1.165, 1.54) is 6.42 Å². The van der Waals surface area contributed by atoms with Crippen LogP contribution in [0.3, 0.4) is 0 Å². The Morgan fingerprint density at radius 2 is 2.29 bits per heavy atom. The molecule has 3 heteroatoms. The van der Waals surface area contributed by atoms with E-state index in [-0.39, 0.29) is 0 Å². The van der Waals surface area contributed by atoms with Crippen LogP contribution in [0.15, 0.2) is 18.6 Å². The highest BCUT2D eigenvalue weighted by atomic mass is 14.9. The summed E-state index contributed by atoms with van der Waals surface area (Å²) in [6.07, 6.45) is 6.59. The normalized spacial score (nSPS) is 23.4. The molecule has 1 unspecified atom stereocenters. The maximum atomic E-state index is 4.21. The van der Waals surface area contributed by atoms with Crippen molar-refractivity contribution in [3.63, 3.8) is 0 Å². The van der Waals surface area contributed by atoms with Gasteiger partial charge in [-0.1, -0.05) is 13.8 Å². The molecule has 1 fully saturated rings. The van der Waals surface area contributed by atoms with Crippen LogP contribution in [0.4, 0.5) is 0 Å². The number of hydrogen-bond donors (Lipinski definition) is 1. The Bertz CT molecular complexity index is 295. The van der Waals surface area contributed by atoms with Crippen LogP contribution >= 0.6 is 0 Å². The molecule has 0 spiro atoms. The molecule has 1 aromatic heterocycles. The first-order valence-electron chi connectivity index (χ1n) is 5.14. The number of hydrogen-bond acceptors (Lipinski definition) is 3. The summed E-state index contributed by atoms with van der Waals surface area (Å²) in [6, 6.07) is 0. The van der Waals surface area contributed by atoms with E-state index in [1.54, 1.807) is 12.4 Å². The maximum Gasteiger partial charge on any atom is 0.0724 e. The van der Waals surface area contributed by atoms with Gasteiger partial charge in [0.1, 0.15) is 0 Å². The van der Waals surface area contributed by atoms with Crippen molar-refractivity contribution in [1.82, 2.24) is 15.3 Å². The zero-order valence-electron chi connectivity index (χ0n) is 8.83. The van der Waals surface area contributed by atoms with E-state index in [9.17, 15) is 0 Å². The molecule has 0 saturated heterocycles. The smallest absolute Gasteiger partial charge is 0.0724 e. The fourth-order valence-corrected chi connectivity index (χ4v) is 1.72. The van der Waals surface area contributed by atoms with E-state index >= 15 is 0 Å². The minimum Gasteiger partial charge on any atom is -0.311 e. The van der Waals surface area contributed by atoms with Gasteiger partial charge in [0.05, 0.1) is 5.69 Å². The molecule has 1 heterocycles. The number of nitrogens with one attached hydrogen (secondary N) is 1. The lowest BCUT2D eigenvalue weighted by atomic mass is 10.1. The third-order valence-electron chi connectivity index (χ3n) is 3.03. The van der Waals surface area contributed by atoms with Gasteiger partial charge < -0.3 is 5.32 Å². The predicted molar refractivity (Wildman–Crippen MR) is 55.6 cm³/mol. The van der Waals surface area contributed by atoms with Crippen molar-refractivity contribution in [3.05, 3.63) is 24.3 Å². The fourth-order valence-electron chi connectivity index (χ4n) is 1.72. The van der Waals surface area contributed by atoms with Gasteiger partial charge in [-0.2, -0.15) is 0 Å². The summed E-state index contributed by atoms with van der Waals surface area (Å²) in [5.41, 5.74) is 1.58. The second-order valence-electron chi connectivity index (χ2n) is 4.72. The predicted octanol–water partition coefficient (Wildman–Crippen LogP) is 1.61. The van der Waals surface area contributed by atoms with Crippen molar-refractivity contribution in [2.24, 2.45) is 11.3 Å². The first-order chi connectivity index (χ1) is 6.68. The van der Waals surface area contributed by atoms with Crippen LogP contribution < -0.4 is 5.32 Å². The average molecular weight is 191 g/mol. The zero-order chi connectivity index (χ0) is 10.0. The molecular weight excluding hydrogens is 174 g/mol. The first kappa shape index (κ1) is 9.59. The van der Waals surface area contributed by atoms with Crippen LogP contribution in [0.1, 0.15) is 26.0 Å². The van der Waals surface area contributed by atoms with E-state index in [4.69, 9.17) is 0 Å². The molecule has 1 aliphatic rings. The monoisotopic (exact) mass is 191 g/mol. The molecule has 14 heavy (non-hydrogen) atoms. The molecule has 1 atom stereocenters. The van der Waals surface area contributed by atoms with Gasteiger partial charge >= 0.3 is 0 Å². The van der Waals surface area contributed by atoms with Crippen molar-refractivity contribution in [1.29, 1.82) is 0 Å². The Morgan fingerprint density at radius 3 is 2.86 bits per heavy atom. The highest BCUT2D eigenvalue weighted by molar-refractivity contribution is 4.98. The third kappa shape index (κ3) is 2.29. The summed E-state index contributed by atoms with van der Waals surface area (Å²) in [4.78, 5) is 8.23. The highest BCUT2D eigenvalue weighted by Crippen LogP contribution is 2.50. The summed E-state index contributed by atoms with van der Waals surface area (Å²) in [5, 5.41) is 3.42. The molecule has 0 aliphatic heterocycles. The van der Waals surface area contributed by atoms with Crippen molar-refractivity contribution in [2.75, 3.05) is 6.54 Å². The molecule has 0 radical (unpaired) electrons. The average Bonchev–Trinajstić information content (AvgIpc) is 2.76. The summed E-state index contributed by atoms with van der Waals surface area (Å²) in [5.74, 6) is 0.846. The van der Waals surface area contributed by atoms with Crippen molar-refractivity contribution in [2.45, 2.75) is 26.8 Å². The van der Waals surface area contributed by atoms with E-state index in [0.717, 1.165) is 24.7 Å². The number of rotatable bonds is 4. The first-order valence-corrected chi connectivity index (χ1v) is 5.14. The summed E-state index contributed by atoms with van der Waals surface area (Å²) in [7, 11) is 0. The van der Waals surface area contributed by atoms with E-state index < -0.39 is 0 Å². The second-order valence-corrected chi connectivity index (χ2v) is 4.72. The summed E-state index contributed by atoms with van der Waals surface area (Å²) < 4.78 is 0. The molecule has 1 N–H and O–H groups in total. The number of nitrogens with zero attached hydrogens (tertiary/aromatic N) is 2. The van der Waals surface area contributed by atoms with E-state index in [1.807, 2.05) is 6.20 Å². The molecular formula is C11H17N3. The topological polar surface area (TPSA) is 37.8 Å². The Kier molecular flexibility index (Phi) is 2.50. The van der Waals surface area contributed by atoms with Crippen LogP contribution in [-0.2, 0) is 6.54 Å². The van der Waals surface area contributed by atoms with Gasteiger partial charge in [-0.05, 0) is 24.3 Å². The van der Waals surface area contributed by atoms with Crippen LogP contribution in [0.2, 0.25) is 0 Å². The molecule has 2 rings (SSSR count). The molecule has 1 saturated carbocycles. The molecule has 1 aliphatic carbocycles. The van der Waals surface area contributed by atoms with Gasteiger partial charge in [0.2, 0.25) is 0 Å². The minimum absolute atomic E-state index is 0.565. The SMILES string of the molecule is CC1(C)CC1CNCc1cnccn1. The van der Waals surface area contributed by atoms with Gasteiger partial charge in [0.25, 0.3) is 0 Å². The Morgan fingerprint density at radius 1 is 1.50 bits per heavy atom. The van der Waals surface area contributed by atoms with Crippen molar-refractivity contribution >= 4 is 0 Å². The molecule has 0 amide bonds. The molecule has 1 aromatic rings. The lowest BCUT2D eigenvalue weighted by Gasteiger charge is -2.05. The molecule has 76 valence electrons. The van der Waals surface area contributed by atoms with Gasteiger partial charge in [-0.3, -0.25) is 9.97 Å². The lowest BCUT2D eigenvalue weighted by Crippen LogP contribution is -2.18. The van der Waals surface area contributed by atoms with E-state index in [2.05, 4.69) is 29.1 Å². The van der Waals surface area contributed by atoms with Gasteiger partial charge in [0, 0.05) is 25.1 Å². The third-order valence-corrected chi connectivity index (χ3v) is 3.03. The van der Waals surface area contributed by atoms with Gasteiger partial charge in [0.15, 0.2) is 0 Å². The highest BCUT2D eigenvalue weighted by Gasteiger charge is 2.44. The molecule has 3 nitrogen and oxygen atoms in total. The Balaban J connectivity index is 1.69. The second kappa shape index (κ2) is 3.65. The molecule has 0 bridgehead atoms. The standard InChI is InChI=1S/C11H17N3/c1-11(2)5-9(11)6-13-8-10-7-12-3-4-14-10/h3-4,7,9,13H,5-6,8H2,1-2H3. The Hall–Kier alpha value is -0.960.